The molecule has 0 saturated carbocycles. The number of amides is 2. The molecule has 1 aliphatic rings. The Morgan fingerprint density at radius 1 is 0.786 bits per heavy atom. The minimum atomic E-state index is -0.803. The van der Waals surface area contributed by atoms with Crippen LogP contribution in [0.5, 0.6) is 0 Å². The van der Waals surface area contributed by atoms with Crippen LogP contribution in [0.3, 0.4) is 0 Å². The number of benzene rings is 2. The number of hydrogen-bond acceptors (Lipinski definition) is 6. The Bertz CT molecular complexity index is 914. The fraction of sp³-hybridized carbons (Fsp3) is 0.111. The van der Waals surface area contributed by atoms with Crippen LogP contribution in [0, 0.1) is 0 Å². The second-order valence-corrected chi connectivity index (χ2v) is 6.30. The van der Waals surface area contributed by atoms with Crippen molar-refractivity contribution in [3.05, 3.63) is 69.7 Å². The molecule has 0 bridgehead atoms. The molecule has 0 unspecified atom stereocenters. The maximum Gasteiger partial charge on any atom is 0.436 e. The molecule has 3 rings (SSSR count). The summed E-state index contributed by atoms with van der Waals surface area (Å²) in [6, 6.07) is 13.2. The van der Waals surface area contributed by atoms with Crippen molar-refractivity contribution in [3.63, 3.8) is 0 Å². The second-order valence-electron chi connectivity index (χ2n) is 5.43. The molecule has 0 N–H and O–H groups in total. The Kier molecular flexibility index (Phi) is 5.81. The van der Waals surface area contributed by atoms with Crippen molar-refractivity contribution >= 4 is 47.1 Å². The molecule has 1 heterocycles. The van der Waals surface area contributed by atoms with Crippen molar-refractivity contribution in [2.45, 2.75) is 0 Å². The summed E-state index contributed by atoms with van der Waals surface area (Å²) in [6.45, 7) is 0. The van der Waals surface area contributed by atoms with Crippen LogP contribution in [0.25, 0.3) is 0 Å². The van der Waals surface area contributed by atoms with E-state index in [4.69, 9.17) is 32.7 Å². The number of carbonyl (C=O) groups excluding carboxylic acids is 2. The zero-order valence-electron chi connectivity index (χ0n) is 14.8. The summed E-state index contributed by atoms with van der Waals surface area (Å²) < 4.78 is 9.61. The van der Waals surface area contributed by atoms with Gasteiger partial charge in [-0.05, 0) is 24.3 Å². The van der Waals surface area contributed by atoms with Crippen molar-refractivity contribution in [2.24, 2.45) is 10.2 Å². The lowest BCUT2D eigenvalue weighted by Crippen LogP contribution is -2.45. The van der Waals surface area contributed by atoms with Crippen LogP contribution >= 0.6 is 23.2 Å². The van der Waals surface area contributed by atoms with Gasteiger partial charge < -0.3 is 9.47 Å². The molecule has 2 amide bonds. The van der Waals surface area contributed by atoms with E-state index in [1.165, 1.54) is 14.2 Å². The quantitative estimate of drug-likeness (QED) is 0.729. The van der Waals surface area contributed by atoms with Gasteiger partial charge in [0.15, 0.2) is 11.7 Å². The molecule has 144 valence electrons. The Morgan fingerprint density at radius 3 is 1.50 bits per heavy atom. The number of rotatable bonds is 2. The molecule has 8 nitrogen and oxygen atoms in total. The normalized spacial score (nSPS) is 13.6. The van der Waals surface area contributed by atoms with Gasteiger partial charge in [0.2, 0.25) is 0 Å². The van der Waals surface area contributed by atoms with E-state index in [-0.39, 0.29) is 11.7 Å². The average Bonchev–Trinajstić information content (AvgIpc) is 2.71. The molecule has 0 spiro atoms. The fourth-order valence-corrected chi connectivity index (χ4v) is 2.79. The zero-order valence-corrected chi connectivity index (χ0v) is 16.3. The van der Waals surface area contributed by atoms with Crippen LogP contribution in [0.2, 0.25) is 10.0 Å². The highest BCUT2D eigenvalue weighted by Crippen LogP contribution is 2.22. The van der Waals surface area contributed by atoms with Crippen molar-refractivity contribution in [3.8, 4) is 0 Å². The van der Waals surface area contributed by atoms with Gasteiger partial charge in [0.1, 0.15) is 0 Å². The molecule has 10 heteroatoms. The Balaban J connectivity index is 2.18. The average molecular weight is 421 g/mol. The Morgan fingerprint density at radius 2 is 1.18 bits per heavy atom. The summed E-state index contributed by atoms with van der Waals surface area (Å²) >= 11 is 12.1. The van der Waals surface area contributed by atoms with Gasteiger partial charge in [0.05, 0.1) is 14.2 Å². The number of carbonyl (C=O) groups is 2. The predicted molar refractivity (Wildman–Crippen MR) is 104 cm³/mol. The van der Waals surface area contributed by atoms with Crippen LogP contribution in [0.4, 0.5) is 9.59 Å². The SMILES string of the molecule is COC(=O)N1N=C(c2cccc(Cl)c2)N(C(=O)OC)N=C1c1cccc(Cl)c1. The number of hydrazone groups is 2. The third kappa shape index (κ3) is 3.92. The van der Waals surface area contributed by atoms with Gasteiger partial charge >= 0.3 is 12.2 Å². The summed E-state index contributed by atoms with van der Waals surface area (Å²) in [4.78, 5) is 24.7. The van der Waals surface area contributed by atoms with Gasteiger partial charge in [-0.2, -0.15) is 0 Å². The predicted octanol–water partition coefficient (Wildman–Crippen LogP) is 4.17. The first-order valence-corrected chi connectivity index (χ1v) is 8.65. The van der Waals surface area contributed by atoms with E-state index in [9.17, 15) is 9.59 Å². The fourth-order valence-electron chi connectivity index (χ4n) is 2.41. The van der Waals surface area contributed by atoms with Gasteiger partial charge in [0.25, 0.3) is 0 Å². The maximum absolute atomic E-state index is 12.3. The largest absolute Gasteiger partial charge is 0.451 e. The number of amidine groups is 2. The van der Waals surface area contributed by atoms with Gasteiger partial charge in [-0.25, -0.2) is 9.59 Å². The lowest BCUT2D eigenvalue weighted by molar-refractivity contribution is 0.135. The summed E-state index contributed by atoms with van der Waals surface area (Å²) in [5.41, 5.74) is 0.890. The Labute approximate surface area is 170 Å². The molecule has 2 aromatic rings. The number of ether oxygens (including phenoxy) is 2. The monoisotopic (exact) mass is 420 g/mol. The smallest absolute Gasteiger partial charge is 0.436 e. The lowest BCUT2D eigenvalue weighted by atomic mass is 10.2. The van der Waals surface area contributed by atoms with E-state index >= 15 is 0 Å². The second kappa shape index (κ2) is 8.28. The molecule has 0 fully saturated rings. The van der Waals surface area contributed by atoms with Gasteiger partial charge in [-0.15, -0.1) is 20.2 Å². The first kappa shape index (κ1) is 19.7. The summed E-state index contributed by atoms with van der Waals surface area (Å²) in [5, 5.41) is 11.2. The zero-order chi connectivity index (χ0) is 20.3. The number of nitrogens with zero attached hydrogens (tertiary/aromatic N) is 4. The first-order chi connectivity index (χ1) is 13.4. The van der Waals surface area contributed by atoms with Gasteiger partial charge in [-0.3, -0.25) is 0 Å². The molecule has 1 aliphatic heterocycles. The minimum absolute atomic E-state index is 0.0329. The van der Waals surface area contributed by atoms with Gasteiger partial charge in [0, 0.05) is 21.2 Å². The molecule has 0 aliphatic carbocycles. The van der Waals surface area contributed by atoms with Crippen molar-refractivity contribution in [1.29, 1.82) is 0 Å². The topological polar surface area (TPSA) is 83.8 Å². The third-order valence-electron chi connectivity index (χ3n) is 3.65. The first-order valence-electron chi connectivity index (χ1n) is 7.90. The summed E-state index contributed by atoms with van der Waals surface area (Å²) in [6.07, 6.45) is -1.61. The highest BCUT2D eigenvalue weighted by atomic mass is 35.5. The molecular weight excluding hydrogens is 407 g/mol. The number of halogens is 2. The van der Waals surface area contributed by atoms with Crippen LogP contribution in [-0.4, -0.2) is 48.1 Å². The minimum Gasteiger partial charge on any atom is -0.451 e. The lowest BCUT2D eigenvalue weighted by Gasteiger charge is -2.28. The van der Waals surface area contributed by atoms with E-state index in [0.29, 0.717) is 21.2 Å². The number of hydrogen-bond donors (Lipinski definition) is 0. The van der Waals surface area contributed by atoms with Crippen molar-refractivity contribution in [1.82, 2.24) is 10.0 Å². The Hall–Kier alpha value is -3.10. The maximum atomic E-state index is 12.3. The summed E-state index contributed by atoms with van der Waals surface area (Å²) in [7, 11) is 2.42. The molecule has 0 atom stereocenters. The molecule has 28 heavy (non-hydrogen) atoms. The van der Waals surface area contributed by atoms with Crippen LogP contribution in [0.1, 0.15) is 11.1 Å². The summed E-state index contributed by atoms with van der Waals surface area (Å²) in [5.74, 6) is 0.0658. The van der Waals surface area contributed by atoms with E-state index in [1.54, 1.807) is 48.5 Å². The van der Waals surface area contributed by atoms with E-state index in [0.717, 1.165) is 10.0 Å². The van der Waals surface area contributed by atoms with Gasteiger partial charge in [-0.1, -0.05) is 47.5 Å². The molecule has 0 aromatic heterocycles. The van der Waals surface area contributed by atoms with E-state index < -0.39 is 12.2 Å². The molecule has 0 radical (unpaired) electrons. The molecular formula is C18H14Cl2N4O4. The van der Waals surface area contributed by atoms with Crippen LogP contribution in [-0.2, 0) is 9.47 Å². The number of methoxy groups -OCH3 is 2. The standard InChI is InChI=1S/C18H14Cl2N4O4/c1-27-17(25)23-15(11-5-3-7-13(19)9-11)22-24(18(26)28-2)16(21-23)12-6-4-8-14(20)10-12/h3-10H,1-2H3. The van der Waals surface area contributed by atoms with E-state index in [2.05, 4.69) is 10.2 Å². The van der Waals surface area contributed by atoms with Crippen molar-refractivity contribution in [2.75, 3.05) is 14.2 Å². The third-order valence-corrected chi connectivity index (χ3v) is 4.12. The van der Waals surface area contributed by atoms with E-state index in [1.807, 2.05) is 0 Å². The highest BCUT2D eigenvalue weighted by molar-refractivity contribution is 6.31. The van der Waals surface area contributed by atoms with Crippen LogP contribution < -0.4 is 0 Å². The van der Waals surface area contributed by atoms with Crippen molar-refractivity contribution < 1.29 is 19.1 Å². The highest BCUT2D eigenvalue weighted by Gasteiger charge is 2.34. The molecule has 2 aromatic carbocycles. The van der Waals surface area contributed by atoms with Crippen LogP contribution in [0.15, 0.2) is 58.7 Å². The molecule has 0 saturated heterocycles.